The second-order valence-corrected chi connectivity index (χ2v) is 4.73. The molecule has 0 atom stereocenters. The Morgan fingerprint density at radius 1 is 1.26 bits per heavy atom. The summed E-state index contributed by atoms with van der Waals surface area (Å²) in [5.41, 5.74) is -1.12. The molecule has 0 saturated carbocycles. The molecule has 4 nitrogen and oxygen atoms in total. The Labute approximate surface area is 133 Å². The maximum absolute atomic E-state index is 13.0. The lowest BCUT2D eigenvalue weighted by atomic mass is 10.3. The van der Waals surface area contributed by atoms with Gasteiger partial charge in [0.25, 0.3) is 5.91 Å². The average Bonchev–Trinajstić information content (AvgIpc) is 2.48. The molecule has 0 aliphatic rings. The van der Waals surface area contributed by atoms with E-state index in [9.17, 15) is 22.4 Å². The first-order valence-corrected chi connectivity index (χ1v) is 6.55. The van der Waals surface area contributed by atoms with Crippen molar-refractivity contribution in [3.8, 4) is 5.75 Å². The lowest BCUT2D eigenvalue weighted by Gasteiger charge is -2.09. The highest BCUT2D eigenvalue weighted by molar-refractivity contribution is 6.30. The zero-order valence-electron chi connectivity index (χ0n) is 11.3. The number of nitrogens with one attached hydrogen (secondary N) is 1. The van der Waals surface area contributed by atoms with Gasteiger partial charge in [0.2, 0.25) is 0 Å². The van der Waals surface area contributed by atoms with Crippen LogP contribution in [0.15, 0.2) is 36.4 Å². The molecule has 0 fully saturated rings. The molecule has 9 heteroatoms. The monoisotopic (exact) mass is 348 g/mol. The van der Waals surface area contributed by atoms with Crippen LogP contribution < -0.4 is 10.1 Å². The van der Waals surface area contributed by atoms with E-state index < -0.39 is 30.2 Å². The second kappa shape index (κ2) is 6.82. The van der Waals surface area contributed by atoms with E-state index in [1.807, 2.05) is 0 Å². The Kier molecular flexibility index (Phi) is 5.05. The fourth-order valence-electron chi connectivity index (χ4n) is 1.56. The molecule has 0 radical (unpaired) electrons. The van der Waals surface area contributed by atoms with E-state index in [2.05, 4.69) is 10.3 Å². The van der Waals surface area contributed by atoms with Crippen molar-refractivity contribution in [2.45, 2.75) is 6.18 Å². The third kappa shape index (κ3) is 4.82. The van der Waals surface area contributed by atoms with Crippen LogP contribution in [0.25, 0.3) is 0 Å². The van der Waals surface area contributed by atoms with E-state index in [-0.39, 0.29) is 16.6 Å². The van der Waals surface area contributed by atoms with Crippen LogP contribution in [0.1, 0.15) is 5.69 Å². The number of pyridine rings is 1. The highest BCUT2D eigenvalue weighted by Gasteiger charge is 2.32. The van der Waals surface area contributed by atoms with Crippen molar-refractivity contribution in [2.75, 3.05) is 11.9 Å². The Hall–Kier alpha value is -2.35. The maximum atomic E-state index is 13.0. The quantitative estimate of drug-likeness (QED) is 0.852. The minimum atomic E-state index is -4.61. The van der Waals surface area contributed by atoms with Crippen LogP contribution in [0.3, 0.4) is 0 Å². The van der Waals surface area contributed by atoms with Gasteiger partial charge in [-0.3, -0.25) is 4.79 Å². The SMILES string of the molecule is O=C(COc1ccc(F)c(Cl)c1)Nc1cccc(C(F)(F)F)n1. The van der Waals surface area contributed by atoms with Gasteiger partial charge in [0.05, 0.1) is 5.02 Å². The summed E-state index contributed by atoms with van der Waals surface area (Å²) in [5.74, 6) is -1.48. The van der Waals surface area contributed by atoms with Crippen LogP contribution in [-0.2, 0) is 11.0 Å². The van der Waals surface area contributed by atoms with Crippen LogP contribution >= 0.6 is 11.6 Å². The number of hydrogen-bond acceptors (Lipinski definition) is 3. The molecule has 23 heavy (non-hydrogen) atoms. The van der Waals surface area contributed by atoms with E-state index in [0.29, 0.717) is 0 Å². The van der Waals surface area contributed by atoms with Crippen molar-refractivity contribution in [1.82, 2.24) is 4.98 Å². The minimum absolute atomic E-state index is 0.142. The first kappa shape index (κ1) is 17.0. The number of carbonyl (C=O) groups excluding carboxylic acids is 1. The predicted molar refractivity (Wildman–Crippen MR) is 74.8 cm³/mol. The van der Waals surface area contributed by atoms with Gasteiger partial charge in [-0.05, 0) is 24.3 Å². The number of alkyl halides is 3. The summed E-state index contributed by atoms with van der Waals surface area (Å²) in [6.07, 6.45) is -4.61. The minimum Gasteiger partial charge on any atom is -0.484 e. The Morgan fingerprint density at radius 2 is 2.00 bits per heavy atom. The number of hydrogen-bond donors (Lipinski definition) is 1. The summed E-state index contributed by atoms with van der Waals surface area (Å²) in [5, 5.41) is 1.99. The fraction of sp³-hybridized carbons (Fsp3) is 0.143. The number of ether oxygens (including phenoxy) is 1. The molecular weight excluding hydrogens is 340 g/mol. The molecule has 1 heterocycles. The lowest BCUT2D eigenvalue weighted by molar-refractivity contribution is -0.141. The lowest BCUT2D eigenvalue weighted by Crippen LogP contribution is -2.21. The average molecular weight is 349 g/mol. The first-order valence-electron chi connectivity index (χ1n) is 6.17. The van der Waals surface area contributed by atoms with Gasteiger partial charge < -0.3 is 10.1 Å². The molecule has 0 spiro atoms. The zero-order chi connectivity index (χ0) is 17.0. The molecule has 0 aliphatic carbocycles. The van der Waals surface area contributed by atoms with Crippen molar-refractivity contribution in [2.24, 2.45) is 0 Å². The van der Waals surface area contributed by atoms with E-state index >= 15 is 0 Å². The van der Waals surface area contributed by atoms with Gasteiger partial charge in [-0.2, -0.15) is 13.2 Å². The molecule has 1 amide bonds. The van der Waals surface area contributed by atoms with Crippen LogP contribution in [-0.4, -0.2) is 17.5 Å². The van der Waals surface area contributed by atoms with Crippen molar-refractivity contribution >= 4 is 23.3 Å². The second-order valence-electron chi connectivity index (χ2n) is 4.32. The third-order valence-corrected chi connectivity index (χ3v) is 2.86. The number of halogens is 5. The van der Waals surface area contributed by atoms with Gasteiger partial charge in [0, 0.05) is 6.07 Å². The molecule has 0 unspecified atom stereocenters. The summed E-state index contributed by atoms with van der Waals surface area (Å²) in [7, 11) is 0. The van der Waals surface area contributed by atoms with E-state index in [0.717, 1.165) is 18.2 Å². The number of carbonyl (C=O) groups is 1. The third-order valence-electron chi connectivity index (χ3n) is 2.57. The smallest absolute Gasteiger partial charge is 0.433 e. The van der Waals surface area contributed by atoms with Crippen LogP contribution in [0.5, 0.6) is 5.75 Å². The largest absolute Gasteiger partial charge is 0.484 e. The zero-order valence-corrected chi connectivity index (χ0v) is 12.1. The van der Waals surface area contributed by atoms with E-state index in [1.165, 1.54) is 18.2 Å². The number of benzene rings is 1. The normalized spacial score (nSPS) is 11.2. The molecule has 2 aromatic rings. The molecule has 0 aliphatic heterocycles. The van der Waals surface area contributed by atoms with Crippen LogP contribution in [0.4, 0.5) is 23.4 Å². The van der Waals surface area contributed by atoms with E-state index in [1.54, 1.807) is 0 Å². The van der Waals surface area contributed by atoms with Gasteiger partial charge in [-0.25, -0.2) is 9.37 Å². The number of nitrogens with zero attached hydrogens (tertiary/aromatic N) is 1. The number of rotatable bonds is 4. The summed E-state index contributed by atoms with van der Waals surface area (Å²) in [6.45, 7) is -0.500. The van der Waals surface area contributed by atoms with Gasteiger partial charge in [-0.15, -0.1) is 0 Å². The van der Waals surface area contributed by atoms with Gasteiger partial charge in [0.15, 0.2) is 6.61 Å². The summed E-state index contributed by atoms with van der Waals surface area (Å²) in [6, 6.07) is 6.61. The molecule has 122 valence electrons. The van der Waals surface area contributed by atoms with Gasteiger partial charge in [0.1, 0.15) is 23.1 Å². The molecule has 1 aromatic heterocycles. The molecule has 0 saturated heterocycles. The van der Waals surface area contributed by atoms with Crippen molar-refractivity contribution in [3.63, 3.8) is 0 Å². The number of anilines is 1. The molecular formula is C14H9ClF4N2O2. The van der Waals surface area contributed by atoms with E-state index in [4.69, 9.17) is 16.3 Å². The highest BCUT2D eigenvalue weighted by atomic mass is 35.5. The predicted octanol–water partition coefficient (Wildman–Crippen LogP) is 3.91. The Morgan fingerprint density at radius 3 is 2.65 bits per heavy atom. The topological polar surface area (TPSA) is 51.2 Å². The summed E-state index contributed by atoms with van der Waals surface area (Å²) < 4.78 is 55.5. The maximum Gasteiger partial charge on any atom is 0.433 e. The van der Waals surface area contributed by atoms with Gasteiger partial charge in [-0.1, -0.05) is 17.7 Å². The fourth-order valence-corrected chi connectivity index (χ4v) is 1.73. The van der Waals surface area contributed by atoms with Crippen molar-refractivity contribution in [1.29, 1.82) is 0 Å². The van der Waals surface area contributed by atoms with Crippen LogP contribution in [0.2, 0.25) is 5.02 Å². The summed E-state index contributed by atoms with van der Waals surface area (Å²) >= 11 is 5.55. The Balaban J connectivity index is 1.96. The molecule has 2 rings (SSSR count). The number of amides is 1. The Bertz CT molecular complexity index is 722. The first-order chi connectivity index (χ1) is 10.8. The van der Waals surface area contributed by atoms with Gasteiger partial charge >= 0.3 is 6.18 Å². The van der Waals surface area contributed by atoms with Crippen molar-refractivity contribution in [3.05, 3.63) is 52.9 Å². The summed E-state index contributed by atoms with van der Waals surface area (Å²) in [4.78, 5) is 14.9. The van der Waals surface area contributed by atoms with Crippen molar-refractivity contribution < 1.29 is 27.1 Å². The molecule has 1 aromatic carbocycles. The standard InChI is InChI=1S/C14H9ClF4N2O2/c15-9-6-8(4-5-10(9)16)23-7-13(22)21-12-3-1-2-11(20-12)14(17,18)19/h1-6H,7H2,(H,20,21,22). The molecule has 0 bridgehead atoms. The molecule has 1 N–H and O–H groups in total. The van der Waals surface area contributed by atoms with Crippen LogP contribution in [0, 0.1) is 5.82 Å². The highest BCUT2D eigenvalue weighted by Crippen LogP contribution is 2.28. The number of aromatic nitrogens is 1.